The van der Waals surface area contributed by atoms with Gasteiger partial charge in [-0.15, -0.1) is 0 Å². The Morgan fingerprint density at radius 1 is 0.864 bits per heavy atom. The molecule has 0 saturated heterocycles. The molecule has 122 valence electrons. The summed E-state index contributed by atoms with van der Waals surface area (Å²) in [5.41, 5.74) is 6.62. The summed E-state index contributed by atoms with van der Waals surface area (Å²) in [7, 11) is 0. The van der Waals surface area contributed by atoms with Crippen LogP contribution < -0.4 is 24.8 Å². The minimum absolute atomic E-state index is 0. The molecule has 0 aromatic heterocycles. The first-order valence-electron chi connectivity index (χ1n) is 7.94. The first kappa shape index (κ1) is 22.5. The molecule has 0 N–H and O–H groups in total. The Morgan fingerprint density at radius 3 is 1.50 bits per heavy atom. The molecule has 22 heavy (non-hydrogen) atoms. The van der Waals surface area contributed by atoms with E-state index in [2.05, 4.69) is 52.9 Å². The molecule has 4 heteroatoms. The summed E-state index contributed by atoms with van der Waals surface area (Å²) in [4.78, 5) is 0. The van der Waals surface area contributed by atoms with E-state index in [0.717, 1.165) is 0 Å². The van der Waals surface area contributed by atoms with E-state index in [0.29, 0.717) is 0 Å². The van der Waals surface area contributed by atoms with Crippen LogP contribution in [0.2, 0.25) is 13.1 Å². The van der Waals surface area contributed by atoms with Crippen LogP contribution in [0.1, 0.15) is 53.4 Å². The van der Waals surface area contributed by atoms with Crippen LogP contribution in [-0.2, 0) is 16.6 Å². The van der Waals surface area contributed by atoms with Crippen molar-refractivity contribution in [1.29, 1.82) is 0 Å². The molecule has 0 aromatic carbocycles. The van der Waals surface area contributed by atoms with E-state index >= 15 is 0 Å². The van der Waals surface area contributed by atoms with Crippen LogP contribution in [0.3, 0.4) is 0 Å². The molecule has 0 atom stereocenters. The Hall–Kier alpha value is 0.471. The molecule has 2 aliphatic carbocycles. The van der Waals surface area contributed by atoms with Crippen molar-refractivity contribution >= 4 is 6.19 Å². The predicted molar refractivity (Wildman–Crippen MR) is 88.9 cm³/mol. The molecular formula is C18H28Cl2SiTi. The standard InChI is InChI=1S/2C8H11.C2H6Si.2ClH.Ti/c2*1-3-8-5-4-7(2)6-8;1-3-2;;;/h2*6H,3-4H2,1-2H3;1-2H3;2*1H;/q;;;;;+2/p-2. The maximum atomic E-state index is 2.57. The molecule has 0 unspecified atom stereocenters. The zero-order chi connectivity index (χ0) is 14.9. The minimum atomic E-state index is -1.21. The van der Waals surface area contributed by atoms with Gasteiger partial charge in [0.2, 0.25) is 0 Å². The van der Waals surface area contributed by atoms with E-state index in [1.807, 2.05) is 7.76 Å². The summed E-state index contributed by atoms with van der Waals surface area (Å²) in [6.07, 6.45) is 9.87. The molecule has 2 aliphatic rings. The van der Waals surface area contributed by atoms with E-state index in [1.54, 1.807) is 22.3 Å². The Balaban J connectivity index is 0.00000220. The van der Waals surface area contributed by atoms with Gasteiger partial charge in [0.15, 0.2) is 0 Å². The summed E-state index contributed by atoms with van der Waals surface area (Å²) in [5.74, 6) is 0. The average Bonchev–Trinajstić information content (AvgIpc) is 2.92. The Morgan fingerprint density at radius 2 is 1.23 bits per heavy atom. The Labute approximate surface area is 155 Å². The molecule has 0 heterocycles. The molecule has 0 fully saturated rings. The number of allylic oxidation sites excluding steroid dienone is 8. The van der Waals surface area contributed by atoms with Crippen LogP contribution in [-0.4, -0.2) is 6.19 Å². The molecule has 0 amide bonds. The van der Waals surface area contributed by atoms with Crippen molar-refractivity contribution in [2.45, 2.75) is 66.5 Å². The topological polar surface area (TPSA) is 0 Å². The first-order valence-corrected chi connectivity index (χ1v) is 14.3. The third kappa shape index (κ3) is 4.74. The fourth-order valence-corrected chi connectivity index (χ4v) is 16.3. The van der Waals surface area contributed by atoms with Gasteiger partial charge in [-0.3, -0.25) is 0 Å². The average molecular weight is 391 g/mol. The van der Waals surface area contributed by atoms with E-state index in [4.69, 9.17) is 0 Å². The van der Waals surface area contributed by atoms with Crippen molar-refractivity contribution in [2.24, 2.45) is 0 Å². The summed E-state index contributed by atoms with van der Waals surface area (Å²) >= 11 is -1.21. The molecule has 2 rings (SSSR count). The van der Waals surface area contributed by atoms with Gasteiger partial charge in [0.05, 0.1) is 0 Å². The van der Waals surface area contributed by atoms with Gasteiger partial charge >= 0.3 is 131 Å². The second kappa shape index (κ2) is 9.69. The molecule has 0 spiro atoms. The summed E-state index contributed by atoms with van der Waals surface area (Å²) in [6, 6.07) is 0. The third-order valence-corrected chi connectivity index (χ3v) is 16.0. The van der Waals surface area contributed by atoms with E-state index < -0.39 is 16.6 Å². The number of hydrogen-bond acceptors (Lipinski definition) is 0. The van der Waals surface area contributed by atoms with Crippen molar-refractivity contribution in [3.63, 3.8) is 0 Å². The van der Waals surface area contributed by atoms with Crippen molar-refractivity contribution in [1.82, 2.24) is 0 Å². The maximum Gasteiger partial charge on any atom is -1.00 e. The molecular weight excluding hydrogens is 363 g/mol. The smallest absolute Gasteiger partial charge is 1.00 e. The predicted octanol–water partition coefficient (Wildman–Crippen LogP) is -0.108. The van der Waals surface area contributed by atoms with Crippen molar-refractivity contribution < 1.29 is 41.4 Å². The van der Waals surface area contributed by atoms with Crippen LogP contribution in [0.4, 0.5) is 0 Å². The quantitative estimate of drug-likeness (QED) is 0.587. The SMILES string of the molecule is CCC1=[C]([Ti+2]([C]2=C(CC)C=C(C)C2)=[Si](C)C)CC(C)=C1.[Cl-].[Cl-]. The summed E-state index contributed by atoms with van der Waals surface area (Å²) in [6.45, 7) is 14.5. The van der Waals surface area contributed by atoms with Gasteiger partial charge in [0, 0.05) is 0 Å². The fraction of sp³-hybridized carbons (Fsp3) is 0.556. The number of rotatable bonds is 4. The number of halogens is 2. The van der Waals surface area contributed by atoms with Gasteiger partial charge in [-0.25, -0.2) is 0 Å². The van der Waals surface area contributed by atoms with Crippen LogP contribution in [0, 0.1) is 0 Å². The number of hydrogen-bond donors (Lipinski definition) is 0. The van der Waals surface area contributed by atoms with E-state index in [9.17, 15) is 0 Å². The van der Waals surface area contributed by atoms with Crippen LogP contribution >= 0.6 is 0 Å². The normalized spacial score (nSPS) is 16.6. The third-order valence-electron chi connectivity index (χ3n) is 4.39. The second-order valence-corrected chi connectivity index (χ2v) is 18.2. The van der Waals surface area contributed by atoms with Crippen LogP contribution in [0.15, 0.2) is 42.2 Å². The molecule has 0 bridgehead atoms. The summed E-state index contributed by atoms with van der Waals surface area (Å²) < 4.78 is 3.85. The van der Waals surface area contributed by atoms with Crippen molar-refractivity contribution in [3.05, 3.63) is 42.2 Å². The monoisotopic (exact) mass is 390 g/mol. The fourth-order valence-electron chi connectivity index (χ4n) is 3.57. The Kier molecular flexibility index (Phi) is 9.90. The minimum Gasteiger partial charge on any atom is -1.00 e. The molecule has 0 saturated carbocycles. The summed E-state index contributed by atoms with van der Waals surface area (Å²) in [5, 5.41) is 0. The molecule has 0 aliphatic heterocycles. The van der Waals surface area contributed by atoms with Gasteiger partial charge in [0.25, 0.3) is 0 Å². The molecule has 0 radical (unpaired) electrons. The largest absolute Gasteiger partial charge is 1.00 e. The van der Waals surface area contributed by atoms with Gasteiger partial charge < -0.3 is 24.8 Å². The van der Waals surface area contributed by atoms with Crippen LogP contribution in [0.25, 0.3) is 0 Å². The molecule has 0 nitrogen and oxygen atoms in total. The van der Waals surface area contributed by atoms with Crippen molar-refractivity contribution in [2.75, 3.05) is 0 Å². The van der Waals surface area contributed by atoms with Gasteiger partial charge in [-0.1, -0.05) is 0 Å². The zero-order valence-corrected chi connectivity index (χ0v) is 18.8. The van der Waals surface area contributed by atoms with Crippen molar-refractivity contribution in [3.8, 4) is 0 Å². The second-order valence-electron chi connectivity index (χ2n) is 6.42. The maximum absolute atomic E-state index is 2.57. The van der Waals surface area contributed by atoms with E-state index in [1.165, 1.54) is 25.7 Å². The zero-order valence-electron chi connectivity index (χ0n) is 14.7. The van der Waals surface area contributed by atoms with Gasteiger partial charge in [-0.05, 0) is 0 Å². The van der Waals surface area contributed by atoms with Crippen LogP contribution in [0.5, 0.6) is 0 Å². The van der Waals surface area contributed by atoms with Gasteiger partial charge in [-0.2, -0.15) is 0 Å². The molecule has 0 aromatic rings. The first-order chi connectivity index (χ1) is 9.47. The Bertz CT molecular complexity index is 542. The van der Waals surface area contributed by atoms with E-state index in [-0.39, 0.29) is 31.0 Å². The van der Waals surface area contributed by atoms with Gasteiger partial charge in [0.1, 0.15) is 0 Å².